The van der Waals surface area contributed by atoms with Crippen LogP contribution in [0.2, 0.25) is 0 Å². The van der Waals surface area contributed by atoms with E-state index in [1.165, 1.54) is 19.8 Å². The number of nitrogens with zero attached hydrogens (tertiary/aromatic N) is 2. The van der Waals surface area contributed by atoms with Crippen LogP contribution < -0.4 is 14.2 Å². The second kappa shape index (κ2) is 9.74. The van der Waals surface area contributed by atoms with Crippen LogP contribution in [0.1, 0.15) is 11.1 Å². The summed E-state index contributed by atoms with van der Waals surface area (Å²) in [5, 5.41) is 0. The molecule has 3 rings (SSSR count). The van der Waals surface area contributed by atoms with Crippen molar-refractivity contribution in [1.29, 1.82) is 0 Å². The van der Waals surface area contributed by atoms with Gasteiger partial charge in [-0.1, -0.05) is 24.3 Å². The largest absolute Gasteiger partial charge is 0.493 e. The van der Waals surface area contributed by atoms with Gasteiger partial charge in [0.1, 0.15) is 10.7 Å². The lowest BCUT2D eigenvalue weighted by Crippen LogP contribution is -2.43. The molecule has 9 heteroatoms. The first-order chi connectivity index (χ1) is 14.3. The Bertz CT molecular complexity index is 959. The molecule has 0 unspecified atom stereocenters. The number of rotatable bonds is 8. The summed E-state index contributed by atoms with van der Waals surface area (Å²) in [6, 6.07) is 9.89. The van der Waals surface area contributed by atoms with Crippen LogP contribution in [0.25, 0.3) is 0 Å². The number of benzene rings is 2. The maximum absolute atomic E-state index is 14.3. The first kappa shape index (κ1) is 22.5. The van der Waals surface area contributed by atoms with E-state index < -0.39 is 20.7 Å². The number of methoxy groups -OCH3 is 2. The molecule has 1 aliphatic rings. The predicted molar refractivity (Wildman–Crippen MR) is 113 cm³/mol. The molecule has 164 valence electrons. The summed E-state index contributed by atoms with van der Waals surface area (Å²) in [4.78, 5) is 4.23. The number of likely N-dealkylation sites (N-methyl/N-ethyl adjacent to an activating group) is 1. The molecule has 1 saturated heterocycles. The van der Waals surface area contributed by atoms with Gasteiger partial charge in [0.05, 0.1) is 14.2 Å². The lowest BCUT2D eigenvalue weighted by atomic mass is 10.1. The van der Waals surface area contributed by atoms with Crippen LogP contribution in [0.3, 0.4) is 0 Å². The molecule has 1 heterocycles. The van der Waals surface area contributed by atoms with Crippen LogP contribution in [0.4, 0.5) is 4.39 Å². The zero-order valence-corrected chi connectivity index (χ0v) is 18.3. The number of nitrogens with one attached hydrogen (secondary N) is 1. The van der Waals surface area contributed by atoms with Crippen molar-refractivity contribution in [3.63, 3.8) is 0 Å². The Hall–Kier alpha value is -2.20. The SMILES string of the molecule is COc1cc(F)c(S(=O)(=O)NCc2ccc(CN3CCN(C)CC3)cc2)cc1OC. The Labute approximate surface area is 177 Å². The molecule has 2 aromatic carbocycles. The lowest BCUT2D eigenvalue weighted by molar-refractivity contribution is 0.148. The van der Waals surface area contributed by atoms with E-state index in [4.69, 9.17) is 9.47 Å². The number of sulfonamides is 1. The molecule has 0 atom stereocenters. The van der Waals surface area contributed by atoms with Crippen molar-refractivity contribution >= 4 is 10.0 Å². The summed E-state index contributed by atoms with van der Waals surface area (Å²) in [7, 11) is 0.790. The maximum Gasteiger partial charge on any atom is 0.243 e. The Morgan fingerprint density at radius 2 is 1.53 bits per heavy atom. The minimum absolute atomic E-state index is 0.0604. The van der Waals surface area contributed by atoms with E-state index in [-0.39, 0.29) is 18.0 Å². The van der Waals surface area contributed by atoms with Crippen molar-refractivity contribution in [2.45, 2.75) is 18.0 Å². The van der Waals surface area contributed by atoms with E-state index >= 15 is 0 Å². The molecule has 0 saturated carbocycles. The molecular formula is C21H28FN3O4S. The number of halogens is 1. The van der Waals surface area contributed by atoms with Gasteiger partial charge in [0, 0.05) is 51.4 Å². The van der Waals surface area contributed by atoms with Crippen LogP contribution in [0.15, 0.2) is 41.3 Å². The van der Waals surface area contributed by atoms with Gasteiger partial charge in [0.25, 0.3) is 0 Å². The highest BCUT2D eigenvalue weighted by atomic mass is 32.2. The highest BCUT2D eigenvalue weighted by Gasteiger charge is 2.22. The summed E-state index contributed by atoms with van der Waals surface area (Å²) in [6.07, 6.45) is 0. The van der Waals surface area contributed by atoms with Crippen molar-refractivity contribution in [3.05, 3.63) is 53.3 Å². The average Bonchev–Trinajstić information content (AvgIpc) is 2.74. The van der Waals surface area contributed by atoms with E-state index in [2.05, 4.69) is 21.6 Å². The molecule has 0 radical (unpaired) electrons. The monoisotopic (exact) mass is 437 g/mol. The maximum atomic E-state index is 14.3. The third-order valence-corrected chi connectivity index (χ3v) is 6.64. The number of ether oxygens (including phenoxy) is 2. The van der Waals surface area contributed by atoms with Gasteiger partial charge in [-0.25, -0.2) is 17.5 Å². The van der Waals surface area contributed by atoms with Crippen molar-refractivity contribution < 1.29 is 22.3 Å². The van der Waals surface area contributed by atoms with Crippen LogP contribution in [-0.4, -0.2) is 65.7 Å². The van der Waals surface area contributed by atoms with E-state index in [9.17, 15) is 12.8 Å². The summed E-state index contributed by atoms with van der Waals surface area (Å²) in [5.41, 5.74) is 1.97. The first-order valence-corrected chi connectivity index (χ1v) is 11.2. The zero-order chi connectivity index (χ0) is 21.7. The topological polar surface area (TPSA) is 71.1 Å². The second-order valence-electron chi connectivity index (χ2n) is 7.36. The fourth-order valence-corrected chi connectivity index (χ4v) is 4.41. The third-order valence-electron chi connectivity index (χ3n) is 5.22. The van der Waals surface area contributed by atoms with Crippen LogP contribution in [0, 0.1) is 5.82 Å². The Morgan fingerprint density at radius 1 is 0.967 bits per heavy atom. The number of hydrogen-bond donors (Lipinski definition) is 1. The molecule has 0 spiro atoms. The van der Waals surface area contributed by atoms with Crippen molar-refractivity contribution in [2.24, 2.45) is 0 Å². The minimum Gasteiger partial charge on any atom is -0.493 e. The highest BCUT2D eigenvalue weighted by Crippen LogP contribution is 2.31. The first-order valence-electron chi connectivity index (χ1n) is 9.72. The van der Waals surface area contributed by atoms with Gasteiger partial charge in [0.2, 0.25) is 10.0 Å². The third kappa shape index (κ3) is 5.48. The van der Waals surface area contributed by atoms with Gasteiger partial charge in [0.15, 0.2) is 11.5 Å². The van der Waals surface area contributed by atoms with Gasteiger partial charge in [-0.05, 0) is 18.2 Å². The molecule has 1 aliphatic heterocycles. The number of hydrogen-bond acceptors (Lipinski definition) is 6. The van der Waals surface area contributed by atoms with Crippen molar-refractivity contribution in [2.75, 3.05) is 47.4 Å². The Balaban J connectivity index is 1.63. The lowest BCUT2D eigenvalue weighted by Gasteiger charge is -2.32. The number of piperazine rings is 1. The molecule has 1 N–H and O–H groups in total. The van der Waals surface area contributed by atoms with Crippen LogP contribution in [-0.2, 0) is 23.1 Å². The second-order valence-corrected chi connectivity index (χ2v) is 9.09. The predicted octanol–water partition coefficient (Wildman–Crippen LogP) is 2.07. The molecule has 0 bridgehead atoms. The van der Waals surface area contributed by atoms with Gasteiger partial charge in [-0.3, -0.25) is 4.90 Å². The molecule has 1 fully saturated rings. The molecule has 7 nitrogen and oxygen atoms in total. The van der Waals surface area contributed by atoms with E-state index in [0.29, 0.717) is 0 Å². The highest BCUT2D eigenvalue weighted by molar-refractivity contribution is 7.89. The molecular weight excluding hydrogens is 409 g/mol. The quantitative estimate of drug-likeness (QED) is 0.682. The standard InChI is InChI=1S/C21H28FN3O4S/c1-24-8-10-25(11-9-24)15-17-6-4-16(5-7-17)14-23-30(26,27)21-13-20(29-3)19(28-2)12-18(21)22/h4-7,12-13,23H,8-11,14-15H2,1-3H3. The molecule has 0 aromatic heterocycles. The van der Waals surface area contributed by atoms with Gasteiger partial charge in [-0.2, -0.15) is 0 Å². The zero-order valence-electron chi connectivity index (χ0n) is 17.5. The van der Waals surface area contributed by atoms with E-state index in [1.807, 2.05) is 24.3 Å². The summed E-state index contributed by atoms with van der Waals surface area (Å²) in [6.45, 7) is 5.13. The van der Waals surface area contributed by atoms with E-state index in [1.54, 1.807) is 0 Å². The molecule has 0 aliphatic carbocycles. The molecule has 30 heavy (non-hydrogen) atoms. The average molecular weight is 438 g/mol. The van der Waals surface area contributed by atoms with Gasteiger partial charge >= 0.3 is 0 Å². The van der Waals surface area contributed by atoms with Gasteiger partial charge < -0.3 is 14.4 Å². The molecule has 2 aromatic rings. The van der Waals surface area contributed by atoms with Gasteiger partial charge in [-0.15, -0.1) is 0 Å². The smallest absolute Gasteiger partial charge is 0.243 e. The summed E-state index contributed by atoms with van der Waals surface area (Å²) >= 11 is 0. The fraction of sp³-hybridized carbons (Fsp3) is 0.429. The van der Waals surface area contributed by atoms with Crippen molar-refractivity contribution in [1.82, 2.24) is 14.5 Å². The van der Waals surface area contributed by atoms with Crippen molar-refractivity contribution in [3.8, 4) is 11.5 Å². The summed E-state index contributed by atoms with van der Waals surface area (Å²) in [5.74, 6) is -0.625. The summed E-state index contributed by atoms with van der Waals surface area (Å²) < 4.78 is 52.0. The van der Waals surface area contributed by atoms with Crippen LogP contribution in [0.5, 0.6) is 11.5 Å². The van der Waals surface area contributed by atoms with E-state index in [0.717, 1.165) is 50.4 Å². The normalized spacial score (nSPS) is 15.9. The van der Waals surface area contributed by atoms with Crippen LogP contribution >= 0.6 is 0 Å². The Morgan fingerprint density at radius 3 is 2.13 bits per heavy atom. The molecule has 0 amide bonds. The Kier molecular flexibility index (Phi) is 7.30. The minimum atomic E-state index is -4.06. The fourth-order valence-electron chi connectivity index (χ4n) is 3.32.